The molecule has 1 spiro atoms. The largest absolute Gasteiger partial charge is 0.387 e. The summed E-state index contributed by atoms with van der Waals surface area (Å²) in [6, 6.07) is 10.4. The van der Waals surface area contributed by atoms with E-state index in [4.69, 9.17) is 4.84 Å². The average molecular weight is 370 g/mol. The number of carbonyl (C=O) groups excluding carboxylic acids is 1. The topological polar surface area (TPSA) is 66.8 Å². The number of benzene rings is 1. The first-order valence-electron chi connectivity index (χ1n) is 8.89. The Morgan fingerprint density at radius 2 is 2.23 bits per heavy atom. The molecule has 0 bridgehead atoms. The Morgan fingerprint density at radius 3 is 3.04 bits per heavy atom. The normalized spacial score (nSPS) is 22.8. The van der Waals surface area contributed by atoms with E-state index >= 15 is 0 Å². The molecular weight excluding hydrogens is 348 g/mol. The number of thiazole rings is 1. The number of oxime groups is 1. The monoisotopic (exact) mass is 370 g/mol. The Hall–Kier alpha value is -2.25. The van der Waals surface area contributed by atoms with Gasteiger partial charge < -0.3 is 10.2 Å². The van der Waals surface area contributed by atoms with Crippen molar-refractivity contribution in [1.29, 1.82) is 0 Å². The van der Waals surface area contributed by atoms with Gasteiger partial charge in [0.2, 0.25) is 0 Å². The van der Waals surface area contributed by atoms with E-state index in [0.29, 0.717) is 18.7 Å². The molecule has 2 aromatic rings. The van der Waals surface area contributed by atoms with Crippen molar-refractivity contribution in [3.8, 4) is 0 Å². The highest BCUT2D eigenvalue weighted by Crippen LogP contribution is 2.34. The van der Waals surface area contributed by atoms with Crippen molar-refractivity contribution in [2.45, 2.75) is 38.0 Å². The fourth-order valence-corrected chi connectivity index (χ4v) is 4.19. The third-order valence-corrected chi connectivity index (χ3v) is 5.52. The number of rotatable bonds is 5. The molecule has 1 atom stereocenters. The van der Waals surface area contributed by atoms with Crippen LogP contribution in [0, 0.1) is 0 Å². The lowest BCUT2D eigenvalue weighted by Crippen LogP contribution is -2.48. The number of carbonyl (C=O) groups is 1. The summed E-state index contributed by atoms with van der Waals surface area (Å²) in [4.78, 5) is 24.7. The molecule has 1 N–H and O–H groups in total. The number of aromatic nitrogens is 1. The number of likely N-dealkylation sites (tertiary alicyclic amines) is 1. The summed E-state index contributed by atoms with van der Waals surface area (Å²) in [5.41, 5.74) is 4.05. The van der Waals surface area contributed by atoms with Crippen molar-refractivity contribution >= 4 is 23.0 Å². The van der Waals surface area contributed by atoms with Gasteiger partial charge in [0.05, 0.1) is 17.7 Å². The molecule has 0 saturated carbocycles. The molecule has 0 radical (unpaired) electrons. The molecular formula is C19H22N4O2S. The lowest BCUT2D eigenvalue weighted by molar-refractivity contribution is -0.115. The highest BCUT2D eigenvalue weighted by Gasteiger charge is 2.44. The summed E-state index contributed by atoms with van der Waals surface area (Å²) in [6.07, 6.45) is 2.56. The predicted molar refractivity (Wildman–Crippen MR) is 101 cm³/mol. The minimum atomic E-state index is -0.361. The molecule has 2 aliphatic rings. The molecule has 1 unspecified atom stereocenters. The van der Waals surface area contributed by atoms with E-state index in [1.807, 2.05) is 11.4 Å². The zero-order chi connectivity index (χ0) is 17.8. The number of hydrogen-bond donors (Lipinski definition) is 1. The first-order chi connectivity index (χ1) is 12.7. The summed E-state index contributed by atoms with van der Waals surface area (Å²) >= 11 is 1.52. The average Bonchev–Trinajstić information content (AvgIpc) is 3.31. The van der Waals surface area contributed by atoms with Crippen LogP contribution in [0.4, 0.5) is 0 Å². The Morgan fingerprint density at radius 1 is 1.35 bits per heavy atom. The van der Waals surface area contributed by atoms with Gasteiger partial charge in [-0.05, 0) is 24.9 Å². The van der Waals surface area contributed by atoms with Gasteiger partial charge in [-0.2, -0.15) is 0 Å². The van der Waals surface area contributed by atoms with Gasteiger partial charge in [0.1, 0.15) is 5.71 Å². The molecule has 4 rings (SSSR count). The third-order valence-electron chi connectivity index (χ3n) is 4.88. The smallest absolute Gasteiger partial charge is 0.269 e. The Kier molecular flexibility index (Phi) is 4.99. The highest BCUT2D eigenvalue weighted by molar-refractivity contribution is 7.07. The number of amides is 1. The van der Waals surface area contributed by atoms with E-state index in [1.54, 1.807) is 5.51 Å². The molecule has 1 aromatic carbocycles. The summed E-state index contributed by atoms with van der Waals surface area (Å²) in [5, 5.41) is 8.92. The highest BCUT2D eigenvalue weighted by atomic mass is 32.1. The molecule has 2 aliphatic heterocycles. The maximum Gasteiger partial charge on any atom is 0.269 e. The minimum absolute atomic E-state index is 0.157. The van der Waals surface area contributed by atoms with E-state index in [9.17, 15) is 4.79 Å². The van der Waals surface area contributed by atoms with E-state index in [0.717, 1.165) is 38.2 Å². The van der Waals surface area contributed by atoms with Crippen LogP contribution in [0.5, 0.6) is 0 Å². The van der Waals surface area contributed by atoms with Gasteiger partial charge in [0, 0.05) is 24.9 Å². The first-order valence-corrected chi connectivity index (χ1v) is 9.83. The quantitative estimate of drug-likeness (QED) is 0.878. The molecule has 1 saturated heterocycles. The van der Waals surface area contributed by atoms with Gasteiger partial charge in [0.15, 0.2) is 5.60 Å². The van der Waals surface area contributed by atoms with Crippen LogP contribution in [0.2, 0.25) is 0 Å². The van der Waals surface area contributed by atoms with Crippen molar-refractivity contribution in [2.75, 3.05) is 13.1 Å². The van der Waals surface area contributed by atoms with Crippen LogP contribution in [0.15, 0.2) is 46.4 Å². The van der Waals surface area contributed by atoms with Crippen molar-refractivity contribution in [3.05, 3.63) is 52.5 Å². The van der Waals surface area contributed by atoms with Crippen molar-refractivity contribution in [1.82, 2.24) is 15.2 Å². The Labute approximate surface area is 156 Å². The summed E-state index contributed by atoms with van der Waals surface area (Å²) in [7, 11) is 0. The maximum absolute atomic E-state index is 12.4. The second kappa shape index (κ2) is 7.55. The summed E-state index contributed by atoms with van der Waals surface area (Å²) in [5.74, 6) is -0.157. The van der Waals surface area contributed by atoms with Crippen LogP contribution >= 0.6 is 11.3 Å². The van der Waals surface area contributed by atoms with E-state index in [2.05, 4.69) is 44.6 Å². The number of hydrogen-bond acceptors (Lipinski definition) is 6. The van der Waals surface area contributed by atoms with Gasteiger partial charge in [-0.1, -0.05) is 35.5 Å². The second-order valence-electron chi connectivity index (χ2n) is 6.95. The zero-order valence-electron chi connectivity index (χ0n) is 14.6. The van der Waals surface area contributed by atoms with Gasteiger partial charge in [-0.25, -0.2) is 4.98 Å². The lowest BCUT2D eigenvalue weighted by Gasteiger charge is -2.38. The number of nitrogens with zero attached hydrogens (tertiary/aromatic N) is 3. The lowest BCUT2D eigenvalue weighted by atomic mass is 9.88. The van der Waals surface area contributed by atoms with Gasteiger partial charge >= 0.3 is 0 Å². The summed E-state index contributed by atoms with van der Waals surface area (Å²) < 4.78 is 0. The van der Waals surface area contributed by atoms with Crippen LogP contribution in [-0.2, 0) is 22.7 Å². The third kappa shape index (κ3) is 3.94. The van der Waals surface area contributed by atoms with Crippen LogP contribution in [0.3, 0.4) is 0 Å². The van der Waals surface area contributed by atoms with Crippen LogP contribution in [0.25, 0.3) is 0 Å². The number of nitrogens with one attached hydrogen (secondary N) is 1. The molecule has 1 amide bonds. The molecule has 1 aromatic heterocycles. The molecule has 136 valence electrons. The van der Waals surface area contributed by atoms with Crippen molar-refractivity contribution < 1.29 is 9.63 Å². The maximum atomic E-state index is 12.4. The standard InChI is InChI=1S/C19H22N4O2S/c24-18(20-10-16-12-26-14-21-16)17-9-19(25-22-17)7-4-8-23(13-19)11-15-5-2-1-3-6-15/h1-3,5-6,12,14H,4,7-11,13H2,(H,20,24). The molecule has 6 nitrogen and oxygen atoms in total. The first kappa shape index (κ1) is 17.2. The predicted octanol–water partition coefficient (Wildman–Crippen LogP) is 2.57. The van der Waals surface area contributed by atoms with Crippen LogP contribution < -0.4 is 5.32 Å². The SMILES string of the molecule is O=C(NCc1cscn1)C1=NOC2(CCCN(Cc3ccccc3)C2)C1. The fraction of sp³-hybridized carbons (Fsp3) is 0.421. The van der Waals surface area contributed by atoms with Gasteiger partial charge in [0.25, 0.3) is 5.91 Å². The van der Waals surface area contributed by atoms with Crippen LogP contribution in [-0.4, -0.2) is 40.2 Å². The molecule has 26 heavy (non-hydrogen) atoms. The second-order valence-corrected chi connectivity index (χ2v) is 7.67. The zero-order valence-corrected chi connectivity index (χ0v) is 15.4. The van der Waals surface area contributed by atoms with E-state index < -0.39 is 0 Å². The van der Waals surface area contributed by atoms with Gasteiger partial charge in [-0.15, -0.1) is 11.3 Å². The van der Waals surface area contributed by atoms with Gasteiger partial charge in [-0.3, -0.25) is 9.69 Å². The van der Waals surface area contributed by atoms with Crippen LogP contribution in [0.1, 0.15) is 30.5 Å². The number of piperidine rings is 1. The van der Waals surface area contributed by atoms with E-state index in [1.165, 1.54) is 16.9 Å². The van der Waals surface area contributed by atoms with E-state index in [-0.39, 0.29) is 11.5 Å². The Bertz CT molecular complexity index is 778. The Balaban J connectivity index is 1.32. The molecule has 3 heterocycles. The molecule has 0 aliphatic carbocycles. The van der Waals surface area contributed by atoms with Crippen molar-refractivity contribution in [3.63, 3.8) is 0 Å². The summed E-state index contributed by atoms with van der Waals surface area (Å²) in [6.45, 7) is 3.17. The van der Waals surface area contributed by atoms with Crippen molar-refractivity contribution in [2.24, 2.45) is 5.16 Å². The fourth-order valence-electron chi connectivity index (χ4n) is 3.63. The molecule has 1 fully saturated rings. The minimum Gasteiger partial charge on any atom is -0.387 e. The molecule has 7 heteroatoms.